The summed E-state index contributed by atoms with van der Waals surface area (Å²) in [5.74, 6) is 1.22. The van der Waals surface area contributed by atoms with Gasteiger partial charge in [0.15, 0.2) is 0 Å². The summed E-state index contributed by atoms with van der Waals surface area (Å²) in [4.78, 5) is 13.1. The van der Waals surface area contributed by atoms with Gasteiger partial charge in [-0.1, -0.05) is 0 Å². The van der Waals surface area contributed by atoms with Gasteiger partial charge in [0.2, 0.25) is 0 Å². The fourth-order valence-corrected chi connectivity index (χ4v) is 2.64. The fraction of sp³-hybridized carbons (Fsp3) is 0.308. The molecule has 3 aromatic rings. The highest BCUT2D eigenvalue weighted by Gasteiger charge is 2.14. The normalized spacial score (nSPS) is 15.3. The van der Waals surface area contributed by atoms with Crippen LogP contribution in [0.3, 0.4) is 0 Å². The summed E-state index contributed by atoms with van der Waals surface area (Å²) in [5, 5.41) is 1.09. The molecule has 4 rings (SSSR count). The second-order valence-corrected chi connectivity index (χ2v) is 4.56. The van der Waals surface area contributed by atoms with E-state index in [9.17, 15) is 0 Å². The van der Waals surface area contributed by atoms with E-state index in [1.54, 1.807) is 6.33 Å². The van der Waals surface area contributed by atoms with E-state index in [0.717, 1.165) is 29.4 Å². The first-order valence-corrected chi connectivity index (χ1v) is 6.01. The van der Waals surface area contributed by atoms with Crippen molar-refractivity contribution in [2.75, 3.05) is 0 Å². The Morgan fingerprint density at radius 2 is 2.12 bits per heavy atom. The Morgan fingerprint density at radius 1 is 1.12 bits per heavy atom. The molecule has 0 radical (unpaired) electrons. The second kappa shape index (κ2) is 3.26. The molecule has 0 N–H and O–H groups in total. The Morgan fingerprint density at radius 3 is 3.12 bits per heavy atom. The standard InChI is InChI=1S/C13H12N4/c1-2-4-17-12-5-9-7-14-8-15-10(9)6-11(12)16-13(17)3-1/h5-8H,1-4H2. The van der Waals surface area contributed by atoms with Crippen LogP contribution in [-0.4, -0.2) is 19.5 Å². The van der Waals surface area contributed by atoms with Crippen molar-refractivity contribution in [3.63, 3.8) is 0 Å². The third-order valence-electron chi connectivity index (χ3n) is 3.48. The summed E-state index contributed by atoms with van der Waals surface area (Å²) in [5.41, 5.74) is 3.26. The molecule has 17 heavy (non-hydrogen) atoms. The molecule has 1 aliphatic heterocycles. The number of rotatable bonds is 0. The highest BCUT2D eigenvalue weighted by Crippen LogP contribution is 2.25. The quantitative estimate of drug-likeness (QED) is 0.588. The van der Waals surface area contributed by atoms with E-state index >= 15 is 0 Å². The van der Waals surface area contributed by atoms with Crippen LogP contribution in [0, 0.1) is 0 Å². The Bertz CT molecular complexity index is 714. The number of aryl methyl sites for hydroxylation is 2. The number of hydrogen-bond acceptors (Lipinski definition) is 3. The molecule has 0 amide bonds. The lowest BCUT2D eigenvalue weighted by atomic mass is 10.1. The van der Waals surface area contributed by atoms with E-state index < -0.39 is 0 Å². The molecular weight excluding hydrogens is 212 g/mol. The number of benzene rings is 1. The molecule has 0 aliphatic carbocycles. The van der Waals surface area contributed by atoms with Crippen molar-refractivity contribution >= 4 is 21.9 Å². The van der Waals surface area contributed by atoms with Gasteiger partial charge in [-0.25, -0.2) is 15.0 Å². The highest BCUT2D eigenvalue weighted by molar-refractivity contribution is 5.92. The van der Waals surface area contributed by atoms with Crippen LogP contribution in [-0.2, 0) is 13.0 Å². The van der Waals surface area contributed by atoms with Crippen molar-refractivity contribution in [3.8, 4) is 0 Å². The van der Waals surface area contributed by atoms with Crippen LogP contribution in [0.2, 0.25) is 0 Å². The number of imidazole rings is 1. The van der Waals surface area contributed by atoms with Crippen molar-refractivity contribution in [1.29, 1.82) is 0 Å². The van der Waals surface area contributed by atoms with Gasteiger partial charge in [0, 0.05) is 24.5 Å². The molecule has 0 bridgehead atoms. The molecule has 0 saturated carbocycles. The molecule has 1 aliphatic rings. The van der Waals surface area contributed by atoms with Gasteiger partial charge < -0.3 is 4.57 Å². The Hall–Kier alpha value is -1.97. The zero-order valence-corrected chi connectivity index (χ0v) is 9.43. The van der Waals surface area contributed by atoms with Gasteiger partial charge >= 0.3 is 0 Å². The maximum Gasteiger partial charge on any atom is 0.116 e. The Balaban J connectivity index is 2.11. The van der Waals surface area contributed by atoms with Gasteiger partial charge in [-0.3, -0.25) is 0 Å². The molecule has 84 valence electrons. The lowest BCUT2D eigenvalue weighted by Crippen LogP contribution is -2.09. The topological polar surface area (TPSA) is 43.6 Å². The monoisotopic (exact) mass is 224 g/mol. The van der Waals surface area contributed by atoms with Crippen molar-refractivity contribution in [3.05, 3.63) is 30.5 Å². The first-order chi connectivity index (χ1) is 8.42. The third-order valence-corrected chi connectivity index (χ3v) is 3.48. The van der Waals surface area contributed by atoms with Gasteiger partial charge in [-0.2, -0.15) is 0 Å². The van der Waals surface area contributed by atoms with Crippen LogP contribution < -0.4 is 0 Å². The summed E-state index contributed by atoms with van der Waals surface area (Å²) in [6, 6.07) is 4.23. The van der Waals surface area contributed by atoms with Gasteiger partial charge in [-0.15, -0.1) is 0 Å². The minimum atomic E-state index is 0.975. The summed E-state index contributed by atoms with van der Waals surface area (Å²) in [6.45, 7) is 1.09. The second-order valence-electron chi connectivity index (χ2n) is 4.56. The van der Waals surface area contributed by atoms with E-state index in [1.807, 2.05) is 6.20 Å². The van der Waals surface area contributed by atoms with E-state index in [1.165, 1.54) is 24.2 Å². The lowest BCUT2D eigenvalue weighted by Gasteiger charge is -2.13. The van der Waals surface area contributed by atoms with Crippen LogP contribution in [0.4, 0.5) is 0 Å². The Labute approximate surface area is 98.3 Å². The largest absolute Gasteiger partial charge is 0.328 e. The average molecular weight is 224 g/mol. The molecule has 0 fully saturated rings. The lowest BCUT2D eigenvalue weighted by molar-refractivity contribution is 0.533. The molecule has 0 atom stereocenters. The number of nitrogens with zero attached hydrogens (tertiary/aromatic N) is 4. The van der Waals surface area contributed by atoms with E-state index in [-0.39, 0.29) is 0 Å². The van der Waals surface area contributed by atoms with Crippen LogP contribution in [0.5, 0.6) is 0 Å². The molecule has 0 spiro atoms. The minimum Gasteiger partial charge on any atom is -0.328 e. The molecule has 2 aromatic heterocycles. The average Bonchev–Trinajstić information content (AvgIpc) is 2.73. The van der Waals surface area contributed by atoms with Gasteiger partial charge in [0.1, 0.15) is 12.2 Å². The molecular formula is C13H12N4. The third kappa shape index (κ3) is 1.27. The first-order valence-electron chi connectivity index (χ1n) is 6.01. The predicted molar refractivity (Wildman–Crippen MR) is 65.8 cm³/mol. The van der Waals surface area contributed by atoms with Crippen LogP contribution >= 0.6 is 0 Å². The summed E-state index contributed by atoms with van der Waals surface area (Å²) < 4.78 is 2.34. The Kier molecular flexibility index (Phi) is 1.75. The van der Waals surface area contributed by atoms with Crippen molar-refractivity contribution in [2.24, 2.45) is 0 Å². The van der Waals surface area contributed by atoms with Gasteiger partial charge in [0.05, 0.1) is 16.6 Å². The SMILES string of the molecule is c1ncc2cc3c(cc2n1)nc1n3CCCC1. The molecule has 4 nitrogen and oxygen atoms in total. The minimum absolute atomic E-state index is 0.975. The first kappa shape index (κ1) is 9.10. The van der Waals surface area contributed by atoms with Gasteiger partial charge in [0.25, 0.3) is 0 Å². The van der Waals surface area contributed by atoms with Gasteiger partial charge in [-0.05, 0) is 25.0 Å². The highest BCUT2D eigenvalue weighted by atomic mass is 15.1. The summed E-state index contributed by atoms with van der Waals surface area (Å²) in [6.07, 6.45) is 7.05. The van der Waals surface area contributed by atoms with Crippen LogP contribution in [0.25, 0.3) is 21.9 Å². The smallest absolute Gasteiger partial charge is 0.116 e. The number of hydrogen-bond donors (Lipinski definition) is 0. The molecule has 0 unspecified atom stereocenters. The number of aromatic nitrogens is 4. The molecule has 0 saturated heterocycles. The summed E-state index contributed by atoms with van der Waals surface area (Å²) in [7, 11) is 0. The van der Waals surface area contributed by atoms with E-state index in [2.05, 4.69) is 26.7 Å². The van der Waals surface area contributed by atoms with E-state index in [0.29, 0.717) is 0 Å². The van der Waals surface area contributed by atoms with Crippen molar-refractivity contribution in [2.45, 2.75) is 25.8 Å². The maximum absolute atomic E-state index is 4.71. The van der Waals surface area contributed by atoms with Crippen molar-refractivity contribution < 1.29 is 0 Å². The van der Waals surface area contributed by atoms with Crippen LogP contribution in [0.1, 0.15) is 18.7 Å². The molecule has 1 aromatic carbocycles. The van der Waals surface area contributed by atoms with E-state index in [4.69, 9.17) is 4.98 Å². The zero-order valence-electron chi connectivity index (χ0n) is 9.43. The zero-order chi connectivity index (χ0) is 11.2. The van der Waals surface area contributed by atoms with Crippen molar-refractivity contribution in [1.82, 2.24) is 19.5 Å². The molecule has 3 heterocycles. The predicted octanol–water partition coefficient (Wildman–Crippen LogP) is 2.32. The number of fused-ring (bicyclic) bond motifs is 4. The summed E-state index contributed by atoms with van der Waals surface area (Å²) >= 11 is 0. The maximum atomic E-state index is 4.71. The van der Waals surface area contributed by atoms with Crippen LogP contribution in [0.15, 0.2) is 24.7 Å². The molecule has 4 heteroatoms. The fourth-order valence-electron chi connectivity index (χ4n) is 2.64.